The van der Waals surface area contributed by atoms with Crippen LogP contribution in [-0.2, 0) is 0 Å². The molecule has 3 N–H and O–H groups in total. The number of nitrogens with two attached hydrogens (primary N) is 1. The van der Waals surface area contributed by atoms with Gasteiger partial charge in [-0.25, -0.2) is 0 Å². The van der Waals surface area contributed by atoms with Crippen molar-refractivity contribution in [2.24, 2.45) is 5.73 Å². The lowest BCUT2D eigenvalue weighted by Gasteiger charge is -2.15. The zero-order valence-electron chi connectivity index (χ0n) is 9.29. The predicted molar refractivity (Wildman–Crippen MR) is 62.5 cm³/mol. The summed E-state index contributed by atoms with van der Waals surface area (Å²) in [6.07, 6.45) is 2.22. The van der Waals surface area contributed by atoms with Gasteiger partial charge in [0.15, 0.2) is 0 Å². The van der Waals surface area contributed by atoms with Gasteiger partial charge in [-0.2, -0.15) is 0 Å². The summed E-state index contributed by atoms with van der Waals surface area (Å²) in [5.41, 5.74) is 6.11. The first-order valence-electron chi connectivity index (χ1n) is 5.28. The smallest absolute Gasteiger partial charge is 0.122 e. The highest BCUT2D eigenvalue weighted by Crippen LogP contribution is 2.16. The van der Waals surface area contributed by atoms with E-state index in [-0.39, 0.29) is 11.9 Å². The van der Waals surface area contributed by atoms with Crippen molar-refractivity contribution in [2.75, 3.05) is 0 Å². The topological polar surface area (TPSA) is 59.1 Å². The monoisotopic (exact) mass is 206 g/mol. The number of nitrogens with one attached hydrogen (secondary N) is 1. The van der Waals surface area contributed by atoms with Crippen LogP contribution in [0.15, 0.2) is 24.3 Å². The maximum absolute atomic E-state index is 7.33. The standard InChI is InChI=1S/C12H18N2O/c1-3-10(4-2)15-11-7-5-6-9(8-11)12(13)14/h5-8,10H,3-4H2,1-2H3,(H3,13,14). The zero-order chi connectivity index (χ0) is 11.3. The Hall–Kier alpha value is -1.51. The molecule has 82 valence electrons. The van der Waals surface area contributed by atoms with E-state index in [1.54, 1.807) is 6.07 Å². The Labute approximate surface area is 90.8 Å². The van der Waals surface area contributed by atoms with Crippen molar-refractivity contribution in [1.29, 1.82) is 5.41 Å². The van der Waals surface area contributed by atoms with E-state index >= 15 is 0 Å². The summed E-state index contributed by atoms with van der Waals surface area (Å²) in [5.74, 6) is 0.862. The van der Waals surface area contributed by atoms with E-state index in [9.17, 15) is 0 Å². The van der Waals surface area contributed by atoms with Crippen molar-refractivity contribution in [3.05, 3.63) is 29.8 Å². The second-order valence-corrected chi connectivity index (χ2v) is 3.50. The van der Waals surface area contributed by atoms with E-state index in [1.807, 2.05) is 18.2 Å². The van der Waals surface area contributed by atoms with Gasteiger partial charge in [0.25, 0.3) is 0 Å². The molecule has 0 unspecified atom stereocenters. The van der Waals surface area contributed by atoms with Gasteiger partial charge >= 0.3 is 0 Å². The lowest BCUT2D eigenvalue weighted by Crippen LogP contribution is -2.15. The number of ether oxygens (including phenoxy) is 1. The summed E-state index contributed by atoms with van der Waals surface area (Å²) in [7, 11) is 0. The molecule has 0 bridgehead atoms. The quantitative estimate of drug-likeness (QED) is 0.574. The van der Waals surface area contributed by atoms with Gasteiger partial charge in [0.1, 0.15) is 11.6 Å². The molecule has 0 aliphatic carbocycles. The number of nitrogen functional groups attached to an aromatic ring is 1. The summed E-state index contributed by atoms with van der Waals surface area (Å²) in [6, 6.07) is 7.36. The van der Waals surface area contributed by atoms with Gasteiger partial charge in [0.2, 0.25) is 0 Å². The van der Waals surface area contributed by atoms with Gasteiger partial charge in [0.05, 0.1) is 6.10 Å². The molecule has 0 atom stereocenters. The summed E-state index contributed by atoms with van der Waals surface area (Å²) in [4.78, 5) is 0. The van der Waals surface area contributed by atoms with Gasteiger partial charge in [0, 0.05) is 5.56 Å². The molecule has 1 rings (SSSR count). The number of hydrogen-bond acceptors (Lipinski definition) is 2. The molecular weight excluding hydrogens is 188 g/mol. The fourth-order valence-electron chi connectivity index (χ4n) is 1.38. The summed E-state index contributed by atoms with van der Waals surface area (Å²) >= 11 is 0. The Balaban J connectivity index is 2.77. The minimum atomic E-state index is 0.0741. The fraction of sp³-hybridized carbons (Fsp3) is 0.417. The van der Waals surface area contributed by atoms with Crippen LogP contribution in [-0.4, -0.2) is 11.9 Å². The normalized spacial score (nSPS) is 10.3. The molecule has 3 nitrogen and oxygen atoms in total. The second-order valence-electron chi connectivity index (χ2n) is 3.50. The van der Waals surface area contributed by atoms with Crippen LogP contribution in [0.2, 0.25) is 0 Å². The maximum atomic E-state index is 7.33. The third-order valence-corrected chi connectivity index (χ3v) is 2.36. The maximum Gasteiger partial charge on any atom is 0.122 e. The first-order chi connectivity index (χ1) is 7.17. The van der Waals surface area contributed by atoms with Gasteiger partial charge in [-0.15, -0.1) is 0 Å². The van der Waals surface area contributed by atoms with Crippen molar-refractivity contribution < 1.29 is 4.74 Å². The molecule has 15 heavy (non-hydrogen) atoms. The Morgan fingerprint density at radius 1 is 1.40 bits per heavy atom. The highest BCUT2D eigenvalue weighted by atomic mass is 16.5. The van der Waals surface area contributed by atoms with Crippen LogP contribution in [0.5, 0.6) is 5.75 Å². The molecule has 0 aliphatic heterocycles. The molecule has 0 spiro atoms. The van der Waals surface area contributed by atoms with E-state index in [0.717, 1.165) is 18.6 Å². The molecule has 0 aliphatic rings. The number of amidine groups is 1. The van der Waals surface area contributed by atoms with E-state index in [1.165, 1.54) is 0 Å². The van der Waals surface area contributed by atoms with Crippen LogP contribution in [0.4, 0.5) is 0 Å². The molecule has 0 amide bonds. The highest BCUT2D eigenvalue weighted by molar-refractivity contribution is 5.95. The van der Waals surface area contributed by atoms with Crippen LogP contribution in [0.25, 0.3) is 0 Å². The third-order valence-electron chi connectivity index (χ3n) is 2.36. The lowest BCUT2D eigenvalue weighted by molar-refractivity contribution is 0.193. The second kappa shape index (κ2) is 5.39. The van der Waals surface area contributed by atoms with E-state index in [2.05, 4.69) is 13.8 Å². The molecule has 3 heteroatoms. The van der Waals surface area contributed by atoms with Crippen molar-refractivity contribution in [3.8, 4) is 5.75 Å². The summed E-state index contributed by atoms with van der Waals surface area (Å²) in [6.45, 7) is 4.20. The van der Waals surface area contributed by atoms with Gasteiger partial charge in [-0.1, -0.05) is 26.0 Å². The summed E-state index contributed by atoms with van der Waals surface area (Å²) < 4.78 is 5.75. The molecule has 0 aromatic heterocycles. The number of hydrogen-bond donors (Lipinski definition) is 2. The fourth-order valence-corrected chi connectivity index (χ4v) is 1.38. The minimum absolute atomic E-state index is 0.0741. The summed E-state index contributed by atoms with van der Waals surface area (Å²) in [5, 5.41) is 7.33. The van der Waals surface area contributed by atoms with Crippen molar-refractivity contribution in [1.82, 2.24) is 0 Å². The first-order valence-corrected chi connectivity index (χ1v) is 5.28. The number of benzene rings is 1. The minimum Gasteiger partial charge on any atom is -0.490 e. The Bertz CT molecular complexity index is 332. The lowest BCUT2D eigenvalue weighted by atomic mass is 10.2. The van der Waals surface area contributed by atoms with E-state index in [4.69, 9.17) is 15.9 Å². The molecule has 0 saturated carbocycles. The van der Waals surface area contributed by atoms with E-state index in [0.29, 0.717) is 5.56 Å². The average Bonchev–Trinajstić information content (AvgIpc) is 2.26. The third kappa shape index (κ3) is 3.27. The molecular formula is C12H18N2O. The van der Waals surface area contributed by atoms with Gasteiger partial charge in [-0.05, 0) is 25.0 Å². The SMILES string of the molecule is CCC(CC)Oc1cccc(C(=N)N)c1. The molecule has 0 radical (unpaired) electrons. The van der Waals surface area contributed by atoms with Gasteiger partial charge < -0.3 is 10.5 Å². The van der Waals surface area contributed by atoms with E-state index < -0.39 is 0 Å². The predicted octanol–water partition coefficient (Wildman–Crippen LogP) is 2.54. The van der Waals surface area contributed by atoms with Crippen LogP contribution >= 0.6 is 0 Å². The Morgan fingerprint density at radius 3 is 2.60 bits per heavy atom. The largest absolute Gasteiger partial charge is 0.490 e. The zero-order valence-corrected chi connectivity index (χ0v) is 9.29. The molecule has 1 aromatic rings. The van der Waals surface area contributed by atoms with Crippen molar-refractivity contribution >= 4 is 5.84 Å². The molecule has 0 heterocycles. The van der Waals surface area contributed by atoms with Crippen LogP contribution < -0.4 is 10.5 Å². The molecule has 0 saturated heterocycles. The highest BCUT2D eigenvalue weighted by Gasteiger charge is 2.05. The van der Waals surface area contributed by atoms with Crippen LogP contribution in [0, 0.1) is 5.41 Å². The Kier molecular flexibility index (Phi) is 4.16. The van der Waals surface area contributed by atoms with Gasteiger partial charge in [-0.3, -0.25) is 5.41 Å². The van der Waals surface area contributed by atoms with Crippen molar-refractivity contribution in [2.45, 2.75) is 32.8 Å². The van der Waals surface area contributed by atoms with Crippen LogP contribution in [0.1, 0.15) is 32.3 Å². The average molecular weight is 206 g/mol. The number of rotatable bonds is 5. The molecule has 1 aromatic carbocycles. The first kappa shape index (κ1) is 11.6. The van der Waals surface area contributed by atoms with Crippen molar-refractivity contribution in [3.63, 3.8) is 0 Å². The Morgan fingerprint density at radius 2 is 2.07 bits per heavy atom. The van der Waals surface area contributed by atoms with Crippen LogP contribution in [0.3, 0.4) is 0 Å². The molecule has 0 fully saturated rings.